The van der Waals surface area contributed by atoms with Gasteiger partial charge in [0.25, 0.3) is 0 Å². The summed E-state index contributed by atoms with van der Waals surface area (Å²) < 4.78 is 61.3. The smallest absolute Gasteiger partial charge is 0.463 e. The van der Waals surface area contributed by atoms with E-state index in [0.29, 0.717) is 25.7 Å². The number of allylic oxidation sites excluding steroid dienone is 30. The molecule has 0 bridgehead atoms. The monoisotopic (exact) mass is 1670 g/mol. The maximum Gasteiger partial charge on any atom is 0.472 e. The number of carbonyl (C=O) groups excluding carboxylic acids is 3. The third-order valence-electron chi connectivity index (χ3n) is 19.1. The van der Waals surface area contributed by atoms with Gasteiger partial charge in [0.05, 0.1) is 26.4 Å². The molecule has 117 heavy (non-hydrogen) atoms. The zero-order valence-electron chi connectivity index (χ0n) is 73.6. The molecule has 0 heterocycles. The second kappa shape index (κ2) is 89.9. The summed E-state index contributed by atoms with van der Waals surface area (Å²) in [4.78, 5) is 58.9. The number of carbonyl (C=O) groups is 3. The Bertz CT molecular complexity index is 2860. The number of rotatable bonds is 86. The van der Waals surface area contributed by atoms with Gasteiger partial charge < -0.3 is 34.2 Å². The van der Waals surface area contributed by atoms with Gasteiger partial charge in [-0.05, 0) is 154 Å². The first-order chi connectivity index (χ1) is 57.2. The molecule has 0 saturated carbocycles. The molecule has 0 rings (SSSR count). The van der Waals surface area contributed by atoms with Gasteiger partial charge in [0.15, 0.2) is 6.10 Å². The van der Waals surface area contributed by atoms with Crippen LogP contribution in [0.5, 0.6) is 0 Å². The van der Waals surface area contributed by atoms with Crippen molar-refractivity contribution in [2.45, 2.75) is 386 Å². The summed E-state index contributed by atoms with van der Waals surface area (Å²) in [6.07, 6.45) is 118. The van der Waals surface area contributed by atoms with E-state index in [2.05, 4.69) is 191 Å². The lowest BCUT2D eigenvalue weighted by Gasteiger charge is -2.21. The molecule has 0 aliphatic rings. The minimum Gasteiger partial charge on any atom is -0.463 e. The van der Waals surface area contributed by atoms with Crippen LogP contribution in [0, 0.1) is 0 Å². The molecule has 0 aliphatic carbocycles. The van der Waals surface area contributed by atoms with Crippen LogP contribution in [0.2, 0.25) is 0 Å². The van der Waals surface area contributed by atoms with Gasteiger partial charge in [-0.3, -0.25) is 32.5 Å². The zero-order chi connectivity index (χ0) is 85.1. The molecule has 0 aliphatic heterocycles. The Morgan fingerprint density at radius 2 is 0.462 bits per heavy atom. The molecule has 4 N–H and O–H groups in total. The van der Waals surface area contributed by atoms with Crippen LogP contribution in [0.25, 0.3) is 0 Å². The highest BCUT2D eigenvalue weighted by Crippen LogP contribution is 2.45. The molecule has 0 aromatic carbocycles. The third-order valence-corrected chi connectivity index (χ3v) is 21.0. The number of aliphatic hydroxyl groups excluding tert-OH is 2. The Labute approximate surface area is 713 Å². The van der Waals surface area contributed by atoms with E-state index in [1.54, 1.807) is 0 Å². The van der Waals surface area contributed by atoms with Crippen LogP contribution in [0.3, 0.4) is 0 Å². The molecule has 0 amide bonds. The highest BCUT2D eigenvalue weighted by molar-refractivity contribution is 7.47. The van der Waals surface area contributed by atoms with Crippen LogP contribution in [0.4, 0.5) is 0 Å². The minimum absolute atomic E-state index is 0.0220. The predicted octanol–water partition coefficient (Wildman–Crippen LogP) is 28.4. The fourth-order valence-corrected chi connectivity index (χ4v) is 13.8. The molecule has 18 heteroatoms. The lowest BCUT2D eigenvalue weighted by molar-refractivity contribution is -0.161. The van der Waals surface area contributed by atoms with E-state index in [0.717, 1.165) is 141 Å². The van der Waals surface area contributed by atoms with E-state index in [1.807, 2.05) is 12.2 Å². The molecule has 668 valence electrons. The van der Waals surface area contributed by atoms with Gasteiger partial charge >= 0.3 is 33.6 Å². The molecule has 0 spiro atoms. The second-order valence-corrected chi connectivity index (χ2v) is 33.2. The van der Waals surface area contributed by atoms with Crippen LogP contribution in [-0.2, 0) is 55.8 Å². The van der Waals surface area contributed by atoms with Gasteiger partial charge in [-0.1, -0.05) is 376 Å². The summed E-state index contributed by atoms with van der Waals surface area (Å²) in [6.45, 7) is 2.38. The average molecular weight is 1670 g/mol. The molecule has 16 nitrogen and oxygen atoms in total. The minimum atomic E-state index is -4.96. The van der Waals surface area contributed by atoms with E-state index in [-0.39, 0.29) is 19.3 Å². The Morgan fingerprint density at radius 1 is 0.248 bits per heavy atom. The van der Waals surface area contributed by atoms with Crippen LogP contribution < -0.4 is 0 Å². The molecular formula is C99H166O16P2. The van der Waals surface area contributed by atoms with E-state index >= 15 is 0 Å². The van der Waals surface area contributed by atoms with Crippen molar-refractivity contribution in [3.8, 4) is 0 Å². The molecule has 0 aromatic rings. The van der Waals surface area contributed by atoms with Gasteiger partial charge in [0.2, 0.25) is 0 Å². The summed E-state index contributed by atoms with van der Waals surface area (Å²) in [5.74, 6) is -1.64. The number of esters is 3. The van der Waals surface area contributed by atoms with Gasteiger partial charge in [-0.25, -0.2) is 9.13 Å². The van der Waals surface area contributed by atoms with Crippen LogP contribution in [0.15, 0.2) is 182 Å². The van der Waals surface area contributed by atoms with Crippen molar-refractivity contribution in [2.24, 2.45) is 0 Å². The Kier molecular flexibility index (Phi) is 85.8. The first-order valence-electron chi connectivity index (χ1n) is 46.1. The second-order valence-electron chi connectivity index (χ2n) is 30.3. The summed E-state index contributed by atoms with van der Waals surface area (Å²) in [5, 5.41) is 20.7. The zero-order valence-corrected chi connectivity index (χ0v) is 75.4. The van der Waals surface area contributed by atoms with E-state index in [9.17, 15) is 43.5 Å². The van der Waals surface area contributed by atoms with Crippen molar-refractivity contribution in [1.82, 2.24) is 0 Å². The number of phosphoric ester groups is 2. The fraction of sp³-hybridized carbons (Fsp3) is 0.667. The quantitative estimate of drug-likeness (QED) is 0.0146. The van der Waals surface area contributed by atoms with Crippen LogP contribution in [-0.4, -0.2) is 95.9 Å². The van der Waals surface area contributed by atoms with Gasteiger partial charge in [-0.15, -0.1) is 0 Å². The molecule has 0 radical (unpaired) electrons. The van der Waals surface area contributed by atoms with Gasteiger partial charge in [0, 0.05) is 19.3 Å². The molecular weight excluding hydrogens is 1510 g/mol. The van der Waals surface area contributed by atoms with Crippen LogP contribution in [0.1, 0.15) is 367 Å². The highest BCUT2D eigenvalue weighted by Gasteiger charge is 2.29. The van der Waals surface area contributed by atoms with Crippen molar-refractivity contribution in [2.75, 3.05) is 39.6 Å². The van der Waals surface area contributed by atoms with Gasteiger partial charge in [0.1, 0.15) is 25.4 Å². The van der Waals surface area contributed by atoms with Crippen molar-refractivity contribution in [3.63, 3.8) is 0 Å². The first kappa shape index (κ1) is 112. The maximum absolute atomic E-state index is 13.0. The SMILES string of the molecule is CC/C=C\C/C=C\C/C=C\C/C=C\C/C=C\C/C=C\CCCCCCCCCCCCCCCCCCC(=O)OCC(O)COP(=O)(O)OCC(O)COP(=O)(O)OCC(COC(=O)CCCCCCCCCCCCCCC/C=C\C/C=C\C/C=C\C/C=C\CCCCC)OC(=O)CCC/C=C\C/C=C\C/C=C\C/C=C\C/C=C\CC. The van der Waals surface area contributed by atoms with Crippen molar-refractivity contribution in [3.05, 3.63) is 182 Å². The van der Waals surface area contributed by atoms with E-state index < -0.39 is 91.5 Å². The Morgan fingerprint density at radius 3 is 0.744 bits per heavy atom. The summed E-state index contributed by atoms with van der Waals surface area (Å²) >= 11 is 0. The molecule has 5 atom stereocenters. The molecule has 5 unspecified atom stereocenters. The van der Waals surface area contributed by atoms with Crippen LogP contribution >= 0.6 is 15.6 Å². The first-order valence-corrected chi connectivity index (χ1v) is 49.1. The number of hydrogen-bond donors (Lipinski definition) is 4. The number of phosphoric acid groups is 2. The summed E-state index contributed by atoms with van der Waals surface area (Å²) in [5.41, 5.74) is 0. The maximum atomic E-state index is 13.0. The number of unbranched alkanes of at least 4 members (excludes halogenated alkanes) is 33. The molecule has 0 saturated heterocycles. The highest BCUT2D eigenvalue weighted by atomic mass is 31.2. The fourth-order valence-electron chi connectivity index (χ4n) is 12.2. The summed E-state index contributed by atoms with van der Waals surface area (Å²) in [7, 11) is -9.83. The molecule has 0 fully saturated rings. The average Bonchev–Trinajstić information content (AvgIpc) is 0.901. The lowest BCUT2D eigenvalue weighted by Crippen LogP contribution is -2.30. The van der Waals surface area contributed by atoms with E-state index in [4.69, 9.17) is 32.3 Å². The lowest BCUT2D eigenvalue weighted by atomic mass is 10.0. The Balaban J connectivity index is 4.51. The Hall–Kier alpha value is -5.35. The van der Waals surface area contributed by atoms with E-state index in [1.165, 1.54) is 161 Å². The third kappa shape index (κ3) is 91.2. The van der Waals surface area contributed by atoms with Gasteiger partial charge in [-0.2, -0.15) is 0 Å². The normalized spacial score (nSPS) is 14.6. The topological polar surface area (TPSA) is 231 Å². The van der Waals surface area contributed by atoms with Crippen molar-refractivity contribution in [1.29, 1.82) is 0 Å². The standard InChI is InChI=1S/C99H166O16P2/c1-4-7-10-13-16-19-22-25-28-31-33-35-37-39-41-43-44-45-46-47-48-50-52-53-55-57-59-62-64-67-70-73-76-79-82-85-97(102)109-88-94(100)89-111-116(105,106)112-90-95(101)91-113-117(107,108)114-93-96(115-99(104)87-84-81-78-75-72-69-66-61-30-27-24-21-18-15-12-9-6-3)92-110-98(103)86-83-80-77-74-71-68-65-63-60-58-56-54-51-49-42-40-38-36-34-32-29-26-23-20-17-14-11-8-5-2/h7,9-10,12,16-21,25-30,33-36,39-42,44-45,66,69,75,78,94-96,100-101H,4-6,8,11,13-15,22-24,31-32,37-38,43,46-65,67-68,70-74,76-77,79-93H2,1-3H3,(H,105,106)(H,107,108)/b10-7-,12-9-,19-16-,20-17-,21-18-,28-25-,29-26-,30-27-,35-33-,36-34-,41-39-,42-40-,45-44-,69-66-,78-75-. The predicted molar refractivity (Wildman–Crippen MR) is 491 cm³/mol. The number of hydrogen-bond acceptors (Lipinski definition) is 14. The van der Waals surface area contributed by atoms with Crippen molar-refractivity contribution < 1.29 is 75.8 Å². The summed E-state index contributed by atoms with van der Waals surface area (Å²) in [6, 6.07) is 0. The molecule has 0 aromatic heterocycles. The van der Waals surface area contributed by atoms with Crippen molar-refractivity contribution >= 4 is 33.6 Å². The number of ether oxygens (including phenoxy) is 3. The largest absolute Gasteiger partial charge is 0.472 e. The number of aliphatic hydroxyl groups is 2.